The first-order valence-corrected chi connectivity index (χ1v) is 7.76. The lowest BCUT2D eigenvalue weighted by atomic mass is 9.87. The van der Waals surface area contributed by atoms with Crippen LogP contribution in [0.5, 0.6) is 5.75 Å². The molecule has 1 saturated carbocycles. The Bertz CT molecular complexity index is 506. The molecule has 128 valence electrons. The summed E-state index contributed by atoms with van der Waals surface area (Å²) < 4.78 is 29.1. The number of carbonyl (C=O) groups is 1. The molecule has 1 aromatic carbocycles. The molecule has 3 N–H and O–H groups in total. The summed E-state index contributed by atoms with van der Waals surface area (Å²) in [7, 11) is 0. The number of nitrogens with one attached hydrogen (secondary N) is 2. The van der Waals surface area contributed by atoms with Gasteiger partial charge in [0, 0.05) is 24.8 Å². The summed E-state index contributed by atoms with van der Waals surface area (Å²) in [6.07, 6.45) is 3.46. The van der Waals surface area contributed by atoms with Crippen molar-refractivity contribution >= 4 is 6.03 Å². The van der Waals surface area contributed by atoms with Crippen LogP contribution in [-0.2, 0) is 6.54 Å². The number of rotatable bonds is 6. The van der Waals surface area contributed by atoms with E-state index in [4.69, 9.17) is 5.11 Å². The third-order valence-corrected chi connectivity index (χ3v) is 4.07. The Morgan fingerprint density at radius 2 is 1.96 bits per heavy atom. The molecule has 0 unspecified atom stereocenters. The van der Waals surface area contributed by atoms with Gasteiger partial charge in [0.25, 0.3) is 0 Å². The number of amides is 2. The van der Waals surface area contributed by atoms with E-state index in [0.717, 1.165) is 25.7 Å². The molecule has 0 heterocycles. The maximum atomic E-state index is 12.3. The Kier molecular flexibility index (Phi) is 6.58. The van der Waals surface area contributed by atoms with Gasteiger partial charge in [0.15, 0.2) is 0 Å². The van der Waals surface area contributed by atoms with Crippen molar-refractivity contribution in [3.05, 3.63) is 29.8 Å². The van der Waals surface area contributed by atoms with Gasteiger partial charge >= 0.3 is 12.6 Å². The first kappa shape index (κ1) is 17.5. The average molecular weight is 328 g/mol. The Morgan fingerprint density at radius 3 is 2.61 bits per heavy atom. The summed E-state index contributed by atoms with van der Waals surface area (Å²) >= 11 is 0. The fourth-order valence-corrected chi connectivity index (χ4v) is 2.76. The molecular formula is C16H22F2N2O3. The van der Waals surface area contributed by atoms with Gasteiger partial charge in [0.2, 0.25) is 0 Å². The largest absolute Gasteiger partial charge is 0.434 e. The highest BCUT2D eigenvalue weighted by Gasteiger charge is 2.21. The Balaban J connectivity index is 1.78. The molecular weight excluding hydrogens is 306 g/mol. The number of halogens is 2. The molecule has 1 aromatic rings. The smallest absolute Gasteiger partial charge is 0.387 e. The van der Waals surface area contributed by atoms with Gasteiger partial charge in [-0.1, -0.05) is 18.2 Å². The van der Waals surface area contributed by atoms with E-state index in [9.17, 15) is 13.6 Å². The van der Waals surface area contributed by atoms with Crippen LogP contribution in [0.4, 0.5) is 13.6 Å². The van der Waals surface area contributed by atoms with Gasteiger partial charge in [-0.3, -0.25) is 0 Å². The minimum atomic E-state index is -2.90. The third-order valence-electron chi connectivity index (χ3n) is 4.07. The number of hydrogen-bond acceptors (Lipinski definition) is 3. The maximum Gasteiger partial charge on any atom is 0.387 e. The van der Waals surface area contributed by atoms with E-state index in [2.05, 4.69) is 15.4 Å². The van der Waals surface area contributed by atoms with Gasteiger partial charge in [-0.05, 0) is 37.7 Å². The summed E-state index contributed by atoms with van der Waals surface area (Å²) in [5.74, 6) is 0.390. The molecule has 0 atom stereocenters. The maximum absolute atomic E-state index is 12.3. The minimum absolute atomic E-state index is 0.0613. The Morgan fingerprint density at radius 1 is 1.26 bits per heavy atom. The number of aliphatic hydroxyl groups excluding tert-OH is 1. The van der Waals surface area contributed by atoms with Gasteiger partial charge in [0.05, 0.1) is 0 Å². The zero-order valence-electron chi connectivity index (χ0n) is 12.8. The highest BCUT2D eigenvalue weighted by Crippen LogP contribution is 2.23. The molecule has 0 saturated heterocycles. The second-order valence-corrected chi connectivity index (χ2v) is 5.71. The van der Waals surface area contributed by atoms with Crippen molar-refractivity contribution in [2.75, 3.05) is 6.61 Å². The molecule has 5 nitrogen and oxygen atoms in total. The van der Waals surface area contributed by atoms with Gasteiger partial charge in [0.1, 0.15) is 5.75 Å². The van der Waals surface area contributed by atoms with Gasteiger partial charge in [-0.2, -0.15) is 8.78 Å². The van der Waals surface area contributed by atoms with Crippen molar-refractivity contribution in [3.63, 3.8) is 0 Å². The van der Waals surface area contributed by atoms with Crippen molar-refractivity contribution in [2.45, 2.75) is 44.9 Å². The standard InChI is InChI=1S/C16H22F2N2O3/c17-15(18)23-14-4-2-1-3-12(14)9-19-16(22)20-13-7-5-11(10-21)6-8-13/h1-4,11,13,15,21H,5-10H2,(H2,19,20,22). The topological polar surface area (TPSA) is 70.6 Å². The van der Waals surface area contributed by atoms with Crippen molar-refractivity contribution in [3.8, 4) is 5.75 Å². The summed E-state index contributed by atoms with van der Waals surface area (Å²) in [4.78, 5) is 11.9. The number of para-hydroxylation sites is 1. The first-order valence-electron chi connectivity index (χ1n) is 7.76. The number of aliphatic hydroxyl groups is 1. The zero-order valence-corrected chi connectivity index (χ0v) is 12.8. The Hall–Kier alpha value is -1.89. The van der Waals surface area contributed by atoms with Crippen molar-refractivity contribution in [1.29, 1.82) is 0 Å². The average Bonchev–Trinajstić information content (AvgIpc) is 2.54. The van der Waals surface area contributed by atoms with E-state index >= 15 is 0 Å². The second-order valence-electron chi connectivity index (χ2n) is 5.71. The number of carbonyl (C=O) groups excluding carboxylic acids is 1. The first-order chi connectivity index (χ1) is 11.1. The summed E-state index contributed by atoms with van der Waals surface area (Å²) in [5, 5.41) is 14.6. The fraction of sp³-hybridized carbons (Fsp3) is 0.562. The molecule has 0 aromatic heterocycles. The minimum Gasteiger partial charge on any atom is -0.434 e. The molecule has 23 heavy (non-hydrogen) atoms. The van der Waals surface area contributed by atoms with E-state index < -0.39 is 6.61 Å². The zero-order chi connectivity index (χ0) is 16.7. The fourth-order valence-electron chi connectivity index (χ4n) is 2.76. The predicted molar refractivity (Wildman–Crippen MR) is 81.3 cm³/mol. The predicted octanol–water partition coefficient (Wildman–Crippen LogP) is 2.64. The second kappa shape index (κ2) is 8.67. The van der Waals surface area contributed by atoms with Gasteiger partial charge in [-0.25, -0.2) is 4.79 Å². The quantitative estimate of drug-likeness (QED) is 0.752. The highest BCUT2D eigenvalue weighted by molar-refractivity contribution is 5.74. The van der Waals surface area contributed by atoms with Crippen LogP contribution in [0.3, 0.4) is 0 Å². The molecule has 0 bridgehead atoms. The van der Waals surface area contributed by atoms with E-state index in [1.165, 1.54) is 6.07 Å². The number of hydrogen-bond donors (Lipinski definition) is 3. The molecule has 2 amide bonds. The van der Waals surface area contributed by atoms with Crippen LogP contribution in [-0.4, -0.2) is 30.4 Å². The lowest BCUT2D eigenvalue weighted by Crippen LogP contribution is -2.43. The van der Waals surface area contributed by atoms with Crippen molar-refractivity contribution in [2.24, 2.45) is 5.92 Å². The molecule has 7 heteroatoms. The van der Waals surface area contributed by atoms with Crippen molar-refractivity contribution in [1.82, 2.24) is 10.6 Å². The highest BCUT2D eigenvalue weighted by atomic mass is 19.3. The molecule has 0 radical (unpaired) electrons. The number of benzene rings is 1. The van der Waals surface area contributed by atoms with E-state index in [-0.39, 0.29) is 31.0 Å². The van der Waals surface area contributed by atoms with Crippen LogP contribution in [0.2, 0.25) is 0 Å². The third kappa shape index (κ3) is 5.67. The van der Waals surface area contributed by atoms with Crippen LogP contribution in [0.15, 0.2) is 24.3 Å². The van der Waals surface area contributed by atoms with Gasteiger partial charge in [-0.15, -0.1) is 0 Å². The van der Waals surface area contributed by atoms with Crippen LogP contribution in [0.25, 0.3) is 0 Å². The van der Waals surface area contributed by atoms with Crippen molar-refractivity contribution < 1.29 is 23.4 Å². The number of urea groups is 1. The van der Waals surface area contributed by atoms with Crippen LogP contribution in [0, 0.1) is 5.92 Å². The summed E-state index contributed by atoms with van der Waals surface area (Å²) in [6, 6.07) is 6.13. The lowest BCUT2D eigenvalue weighted by Gasteiger charge is -2.28. The van der Waals surface area contributed by atoms with Crippen LogP contribution in [0.1, 0.15) is 31.2 Å². The normalized spacial score (nSPS) is 21.0. The van der Waals surface area contributed by atoms with Crippen LogP contribution < -0.4 is 15.4 Å². The van der Waals surface area contributed by atoms with E-state index in [1.807, 2.05) is 0 Å². The van der Waals surface area contributed by atoms with E-state index in [0.29, 0.717) is 11.5 Å². The SMILES string of the molecule is O=C(NCc1ccccc1OC(F)F)NC1CCC(CO)CC1. The molecule has 2 rings (SSSR count). The summed E-state index contributed by atoms with van der Waals surface area (Å²) in [6.45, 7) is -2.59. The monoisotopic (exact) mass is 328 g/mol. The molecule has 1 aliphatic rings. The van der Waals surface area contributed by atoms with E-state index in [1.54, 1.807) is 18.2 Å². The number of ether oxygens (including phenoxy) is 1. The number of alkyl halides is 2. The summed E-state index contributed by atoms with van der Waals surface area (Å²) in [5.41, 5.74) is 0.493. The van der Waals surface area contributed by atoms with Gasteiger partial charge < -0.3 is 20.5 Å². The molecule has 0 aliphatic heterocycles. The molecule has 0 spiro atoms. The Labute approximate surface area is 134 Å². The van der Waals surface area contributed by atoms with Crippen LogP contribution >= 0.6 is 0 Å². The molecule has 1 aliphatic carbocycles. The molecule has 1 fully saturated rings. The lowest BCUT2D eigenvalue weighted by molar-refractivity contribution is -0.0504.